The monoisotopic (exact) mass is 221 g/mol. The van der Waals surface area contributed by atoms with Crippen molar-refractivity contribution in [1.82, 2.24) is 4.90 Å². The second kappa shape index (κ2) is 5.19. The molecule has 0 aromatic carbocycles. The van der Waals surface area contributed by atoms with Crippen molar-refractivity contribution >= 4 is 5.91 Å². The molecule has 0 N–H and O–H groups in total. The fraction of sp³-hybridized carbons (Fsp3) is 0.615. The molecular weight excluding hydrogens is 202 g/mol. The summed E-state index contributed by atoms with van der Waals surface area (Å²) >= 11 is 0. The summed E-state index contributed by atoms with van der Waals surface area (Å²) in [7, 11) is 0. The molecule has 1 fully saturated rings. The summed E-state index contributed by atoms with van der Waals surface area (Å²) in [6.45, 7) is 3.98. The van der Waals surface area contributed by atoms with E-state index in [1.807, 2.05) is 4.90 Å². The lowest BCUT2D eigenvalue weighted by Gasteiger charge is -2.31. The molecule has 16 heavy (non-hydrogen) atoms. The lowest BCUT2D eigenvalue weighted by atomic mass is 9.92. The van der Waals surface area contributed by atoms with Crippen LogP contribution in [0.1, 0.15) is 43.2 Å². The summed E-state index contributed by atoms with van der Waals surface area (Å²) in [5, 5.41) is 0. The first-order valence-corrected chi connectivity index (χ1v) is 6.14. The Morgan fingerprint density at radius 1 is 1.50 bits per heavy atom. The van der Waals surface area contributed by atoms with Crippen LogP contribution in [0, 0.1) is 5.92 Å². The Hall–Kier alpha value is -1.25. The Kier molecular flexibility index (Phi) is 3.65. The molecule has 2 rings (SSSR count). The molecule has 1 saturated heterocycles. The van der Waals surface area contributed by atoms with Gasteiger partial charge >= 0.3 is 0 Å². The van der Waals surface area contributed by atoms with Gasteiger partial charge in [-0.1, -0.05) is 19.8 Å². The quantitative estimate of drug-likeness (QED) is 0.786. The normalized spacial score (nSPS) is 17.7. The lowest BCUT2D eigenvalue weighted by Crippen LogP contribution is -2.38. The van der Waals surface area contributed by atoms with Crippen molar-refractivity contribution in [2.45, 2.75) is 32.6 Å². The zero-order valence-electron chi connectivity index (χ0n) is 9.82. The van der Waals surface area contributed by atoms with Crippen LogP contribution in [0.15, 0.2) is 22.8 Å². The highest BCUT2D eigenvalue weighted by atomic mass is 16.3. The van der Waals surface area contributed by atoms with Crippen molar-refractivity contribution in [3.63, 3.8) is 0 Å². The van der Waals surface area contributed by atoms with E-state index in [-0.39, 0.29) is 5.91 Å². The molecule has 88 valence electrons. The largest absolute Gasteiger partial charge is 0.459 e. The maximum Gasteiger partial charge on any atom is 0.289 e. The number of carbonyl (C=O) groups is 1. The molecular formula is C13H19NO2. The summed E-state index contributed by atoms with van der Waals surface area (Å²) in [6, 6.07) is 3.50. The summed E-state index contributed by atoms with van der Waals surface area (Å²) < 4.78 is 5.13. The van der Waals surface area contributed by atoms with E-state index in [9.17, 15) is 4.79 Å². The standard InChI is InChI=1S/C13H19NO2/c1-2-4-11-6-8-14(9-7-11)13(15)12-5-3-10-16-12/h3,5,10-11H,2,4,6-9H2,1H3. The Bertz CT molecular complexity index is 324. The van der Waals surface area contributed by atoms with Crippen LogP contribution in [0.5, 0.6) is 0 Å². The van der Waals surface area contributed by atoms with Crippen molar-refractivity contribution in [2.24, 2.45) is 5.92 Å². The number of piperidine rings is 1. The minimum absolute atomic E-state index is 0.0416. The SMILES string of the molecule is CCCC1CCN(C(=O)c2ccco2)CC1. The van der Waals surface area contributed by atoms with Gasteiger partial charge < -0.3 is 9.32 Å². The predicted octanol–water partition coefficient (Wildman–Crippen LogP) is 2.93. The van der Waals surface area contributed by atoms with Gasteiger partial charge in [-0.2, -0.15) is 0 Å². The van der Waals surface area contributed by atoms with Gasteiger partial charge in [0.2, 0.25) is 0 Å². The molecule has 0 saturated carbocycles. The molecule has 2 heterocycles. The first kappa shape index (κ1) is 11.2. The van der Waals surface area contributed by atoms with Crippen molar-refractivity contribution in [1.29, 1.82) is 0 Å². The first-order valence-electron chi connectivity index (χ1n) is 6.14. The average molecular weight is 221 g/mol. The van der Waals surface area contributed by atoms with E-state index >= 15 is 0 Å². The molecule has 1 aliphatic heterocycles. The third-order valence-electron chi connectivity index (χ3n) is 3.33. The molecule has 0 atom stereocenters. The Morgan fingerprint density at radius 2 is 2.25 bits per heavy atom. The van der Waals surface area contributed by atoms with E-state index < -0.39 is 0 Å². The highest BCUT2D eigenvalue weighted by Gasteiger charge is 2.24. The number of furan rings is 1. The van der Waals surface area contributed by atoms with Crippen LogP contribution in [-0.2, 0) is 0 Å². The Balaban J connectivity index is 1.87. The maximum absolute atomic E-state index is 12.0. The third kappa shape index (κ3) is 2.46. The zero-order valence-corrected chi connectivity index (χ0v) is 9.82. The first-order chi connectivity index (χ1) is 7.81. The van der Waals surface area contributed by atoms with Crippen molar-refractivity contribution in [3.8, 4) is 0 Å². The molecule has 1 aliphatic rings. The molecule has 3 nitrogen and oxygen atoms in total. The van der Waals surface area contributed by atoms with E-state index in [2.05, 4.69) is 6.92 Å². The molecule has 0 unspecified atom stereocenters. The van der Waals surface area contributed by atoms with Crippen LogP contribution in [-0.4, -0.2) is 23.9 Å². The minimum atomic E-state index is 0.0416. The Labute approximate surface area is 96.4 Å². The molecule has 0 radical (unpaired) electrons. The third-order valence-corrected chi connectivity index (χ3v) is 3.33. The van der Waals surface area contributed by atoms with Crippen LogP contribution in [0.4, 0.5) is 0 Å². The highest BCUT2D eigenvalue weighted by molar-refractivity contribution is 5.91. The van der Waals surface area contributed by atoms with E-state index in [0.717, 1.165) is 31.8 Å². The topological polar surface area (TPSA) is 33.5 Å². The molecule has 1 aromatic heterocycles. The fourth-order valence-electron chi connectivity index (χ4n) is 2.39. The molecule has 3 heteroatoms. The fourth-order valence-corrected chi connectivity index (χ4v) is 2.39. The van der Waals surface area contributed by atoms with Gasteiger partial charge in [0.15, 0.2) is 5.76 Å². The van der Waals surface area contributed by atoms with Gasteiger partial charge in [0.1, 0.15) is 0 Å². The zero-order chi connectivity index (χ0) is 11.4. The molecule has 0 bridgehead atoms. The predicted molar refractivity (Wildman–Crippen MR) is 62.2 cm³/mol. The number of nitrogens with zero attached hydrogens (tertiary/aromatic N) is 1. The van der Waals surface area contributed by atoms with Gasteiger partial charge in [-0.3, -0.25) is 4.79 Å². The van der Waals surface area contributed by atoms with Gasteiger partial charge in [-0.05, 0) is 30.9 Å². The van der Waals surface area contributed by atoms with Crippen LogP contribution < -0.4 is 0 Å². The summed E-state index contributed by atoms with van der Waals surface area (Å²) in [5.74, 6) is 1.32. The smallest absolute Gasteiger partial charge is 0.289 e. The minimum Gasteiger partial charge on any atom is -0.459 e. The highest BCUT2D eigenvalue weighted by Crippen LogP contribution is 2.22. The van der Waals surface area contributed by atoms with Crippen molar-refractivity contribution < 1.29 is 9.21 Å². The maximum atomic E-state index is 12.0. The van der Waals surface area contributed by atoms with Crippen LogP contribution >= 0.6 is 0 Å². The average Bonchev–Trinajstić information content (AvgIpc) is 2.83. The van der Waals surface area contributed by atoms with Crippen LogP contribution in [0.3, 0.4) is 0 Å². The molecule has 0 spiro atoms. The number of carbonyl (C=O) groups excluding carboxylic acids is 1. The van der Waals surface area contributed by atoms with E-state index in [4.69, 9.17) is 4.42 Å². The van der Waals surface area contributed by atoms with Crippen LogP contribution in [0.25, 0.3) is 0 Å². The van der Waals surface area contributed by atoms with Gasteiger partial charge in [-0.25, -0.2) is 0 Å². The van der Waals surface area contributed by atoms with Crippen LogP contribution in [0.2, 0.25) is 0 Å². The molecule has 1 amide bonds. The van der Waals surface area contributed by atoms with E-state index in [1.54, 1.807) is 18.4 Å². The molecule has 0 aliphatic carbocycles. The van der Waals surface area contributed by atoms with Gasteiger partial charge in [0.25, 0.3) is 5.91 Å². The van der Waals surface area contributed by atoms with Crippen molar-refractivity contribution in [3.05, 3.63) is 24.2 Å². The van der Waals surface area contributed by atoms with E-state index in [0.29, 0.717) is 5.76 Å². The lowest BCUT2D eigenvalue weighted by molar-refractivity contribution is 0.0654. The van der Waals surface area contributed by atoms with E-state index in [1.165, 1.54) is 12.8 Å². The number of likely N-dealkylation sites (tertiary alicyclic amines) is 1. The van der Waals surface area contributed by atoms with Gasteiger partial charge in [0, 0.05) is 13.1 Å². The second-order valence-electron chi connectivity index (χ2n) is 4.50. The number of hydrogen-bond donors (Lipinski definition) is 0. The summed E-state index contributed by atoms with van der Waals surface area (Å²) in [6.07, 6.45) is 6.37. The second-order valence-corrected chi connectivity index (χ2v) is 4.50. The molecule has 1 aromatic rings. The number of rotatable bonds is 3. The number of amides is 1. The van der Waals surface area contributed by atoms with Gasteiger partial charge in [-0.15, -0.1) is 0 Å². The van der Waals surface area contributed by atoms with Crippen molar-refractivity contribution in [2.75, 3.05) is 13.1 Å². The summed E-state index contributed by atoms with van der Waals surface area (Å²) in [4.78, 5) is 13.9. The number of hydrogen-bond acceptors (Lipinski definition) is 2. The Morgan fingerprint density at radius 3 is 2.81 bits per heavy atom. The summed E-state index contributed by atoms with van der Waals surface area (Å²) in [5.41, 5.74) is 0. The van der Waals surface area contributed by atoms with Gasteiger partial charge in [0.05, 0.1) is 6.26 Å².